The normalized spacial score (nSPS) is 23.7. The second-order valence-corrected chi connectivity index (χ2v) is 6.28. The van der Waals surface area contributed by atoms with Crippen molar-refractivity contribution in [3.8, 4) is 6.07 Å². The van der Waals surface area contributed by atoms with Crippen LogP contribution in [0.3, 0.4) is 0 Å². The van der Waals surface area contributed by atoms with Crippen molar-refractivity contribution in [1.29, 1.82) is 5.26 Å². The lowest BCUT2D eigenvalue weighted by atomic mass is 9.95. The van der Waals surface area contributed by atoms with E-state index in [0.717, 1.165) is 36.9 Å². The molecule has 0 radical (unpaired) electrons. The Balaban J connectivity index is 1.97. The van der Waals surface area contributed by atoms with Crippen LogP contribution in [-0.2, 0) is 17.6 Å². The summed E-state index contributed by atoms with van der Waals surface area (Å²) in [5.74, 6) is -4.80. The van der Waals surface area contributed by atoms with Crippen molar-refractivity contribution in [2.24, 2.45) is 11.8 Å². The van der Waals surface area contributed by atoms with E-state index in [4.69, 9.17) is 5.11 Å². The summed E-state index contributed by atoms with van der Waals surface area (Å²) in [6.07, 6.45) is -1.11. The predicted octanol–water partition coefficient (Wildman–Crippen LogP) is 2.53. The predicted molar refractivity (Wildman–Crippen MR) is 78.5 cm³/mol. The first-order valence-corrected chi connectivity index (χ1v) is 7.78. The largest absolute Gasteiger partial charge is 0.481 e. The number of carboxylic acids is 1. The molecule has 1 saturated heterocycles. The van der Waals surface area contributed by atoms with Crippen molar-refractivity contribution in [2.45, 2.75) is 31.9 Å². The van der Waals surface area contributed by atoms with E-state index in [2.05, 4.69) is 4.98 Å². The molecule has 1 aliphatic carbocycles. The minimum Gasteiger partial charge on any atom is -0.481 e. The Hall–Kier alpha value is -2.30. The Morgan fingerprint density at radius 3 is 2.62 bits per heavy atom. The molecule has 24 heavy (non-hydrogen) atoms. The van der Waals surface area contributed by atoms with E-state index >= 15 is 0 Å². The molecule has 0 unspecified atom stereocenters. The van der Waals surface area contributed by atoms with Gasteiger partial charge in [-0.3, -0.25) is 4.79 Å². The van der Waals surface area contributed by atoms with E-state index < -0.39 is 30.5 Å². The molecule has 2 atom stereocenters. The number of rotatable bonds is 2. The molecule has 128 valence electrons. The van der Waals surface area contributed by atoms with Gasteiger partial charge in [-0.25, -0.2) is 4.98 Å². The van der Waals surface area contributed by atoms with Gasteiger partial charge in [-0.1, -0.05) is 0 Å². The van der Waals surface area contributed by atoms with Gasteiger partial charge in [0.2, 0.25) is 0 Å². The van der Waals surface area contributed by atoms with E-state index in [1.807, 2.05) is 6.07 Å². The number of nitriles is 1. The fourth-order valence-electron chi connectivity index (χ4n) is 3.50. The van der Waals surface area contributed by atoms with Gasteiger partial charge in [0.1, 0.15) is 11.9 Å². The van der Waals surface area contributed by atoms with Crippen LogP contribution in [0.5, 0.6) is 0 Å². The summed E-state index contributed by atoms with van der Waals surface area (Å²) in [5.41, 5.74) is 1.98. The van der Waals surface area contributed by atoms with Crippen LogP contribution in [0.15, 0.2) is 6.07 Å². The van der Waals surface area contributed by atoms with Gasteiger partial charge in [0, 0.05) is 18.8 Å². The van der Waals surface area contributed by atoms with Crippen LogP contribution >= 0.6 is 0 Å². The summed E-state index contributed by atoms with van der Waals surface area (Å²) >= 11 is 0. The Labute approximate surface area is 136 Å². The maximum absolute atomic E-state index is 13.1. The maximum Gasteiger partial charge on any atom is 0.394 e. The maximum atomic E-state index is 13.1. The van der Waals surface area contributed by atoms with Gasteiger partial charge < -0.3 is 10.0 Å². The highest BCUT2D eigenvalue weighted by Gasteiger charge is 2.53. The molecule has 8 heteroatoms. The van der Waals surface area contributed by atoms with Gasteiger partial charge in [-0.2, -0.15) is 18.4 Å². The number of alkyl halides is 3. The quantitative estimate of drug-likeness (QED) is 0.896. The molecular weight excluding hydrogens is 323 g/mol. The summed E-state index contributed by atoms with van der Waals surface area (Å²) in [4.78, 5) is 16.9. The van der Waals surface area contributed by atoms with Crippen molar-refractivity contribution in [3.63, 3.8) is 0 Å². The summed E-state index contributed by atoms with van der Waals surface area (Å²) in [6.45, 7) is -0.777. The zero-order chi connectivity index (χ0) is 17.5. The number of pyridine rings is 1. The lowest BCUT2D eigenvalue weighted by Gasteiger charge is -2.23. The van der Waals surface area contributed by atoms with Gasteiger partial charge >= 0.3 is 12.1 Å². The first kappa shape index (κ1) is 16.6. The molecule has 0 bridgehead atoms. The Morgan fingerprint density at radius 2 is 2.04 bits per heavy atom. The standard InChI is InChI=1S/C16H16F3N3O2/c17-16(18,19)12-8-22(7-11(12)15(23)24)14-10(6-20)5-9-3-1-2-4-13(9)21-14/h5,11-12H,1-4,7-8H2,(H,23,24)/t11-,12-/m1/s1. The molecule has 0 saturated carbocycles. The number of aromatic nitrogens is 1. The number of aryl methyl sites for hydroxylation is 2. The average molecular weight is 339 g/mol. The minimum absolute atomic E-state index is 0.177. The fraction of sp³-hybridized carbons (Fsp3) is 0.562. The lowest BCUT2D eigenvalue weighted by molar-refractivity contribution is -0.187. The molecule has 1 N–H and O–H groups in total. The summed E-state index contributed by atoms with van der Waals surface area (Å²) in [5, 5.41) is 18.4. The van der Waals surface area contributed by atoms with E-state index in [1.54, 1.807) is 6.07 Å². The zero-order valence-electron chi connectivity index (χ0n) is 12.8. The van der Waals surface area contributed by atoms with Crippen molar-refractivity contribution in [2.75, 3.05) is 18.0 Å². The van der Waals surface area contributed by atoms with Crippen LogP contribution in [0.4, 0.5) is 19.0 Å². The molecule has 1 aromatic heterocycles. The number of carbonyl (C=O) groups is 1. The minimum atomic E-state index is -4.60. The molecule has 1 fully saturated rings. The van der Waals surface area contributed by atoms with Crippen LogP contribution in [-0.4, -0.2) is 35.3 Å². The Kier molecular flexibility index (Phi) is 4.11. The third-order valence-corrected chi connectivity index (χ3v) is 4.76. The number of anilines is 1. The number of aliphatic carboxylic acids is 1. The number of fused-ring (bicyclic) bond motifs is 1. The van der Waals surface area contributed by atoms with Crippen molar-refractivity contribution in [3.05, 3.63) is 22.9 Å². The van der Waals surface area contributed by atoms with Gasteiger partial charge in [-0.05, 0) is 37.3 Å². The van der Waals surface area contributed by atoms with Crippen LogP contribution in [0.1, 0.15) is 29.7 Å². The van der Waals surface area contributed by atoms with E-state index in [-0.39, 0.29) is 17.9 Å². The van der Waals surface area contributed by atoms with Crippen LogP contribution in [0.25, 0.3) is 0 Å². The summed E-state index contributed by atoms with van der Waals surface area (Å²) in [6, 6.07) is 3.68. The molecule has 0 aromatic carbocycles. The molecule has 1 aliphatic heterocycles. The van der Waals surface area contributed by atoms with Gasteiger partial charge in [0.25, 0.3) is 0 Å². The van der Waals surface area contributed by atoms with Crippen molar-refractivity contribution in [1.82, 2.24) is 4.98 Å². The number of carboxylic acid groups (broad SMARTS) is 1. The third kappa shape index (κ3) is 2.90. The summed E-state index contributed by atoms with van der Waals surface area (Å²) < 4.78 is 39.4. The second-order valence-electron chi connectivity index (χ2n) is 6.28. The molecule has 2 aliphatic rings. The molecule has 0 spiro atoms. The highest BCUT2D eigenvalue weighted by molar-refractivity contribution is 5.73. The lowest BCUT2D eigenvalue weighted by Crippen LogP contribution is -2.33. The monoisotopic (exact) mass is 339 g/mol. The topological polar surface area (TPSA) is 77.2 Å². The average Bonchev–Trinajstić information content (AvgIpc) is 2.99. The fourth-order valence-corrected chi connectivity index (χ4v) is 3.50. The van der Waals surface area contributed by atoms with Crippen LogP contribution in [0, 0.1) is 23.2 Å². The van der Waals surface area contributed by atoms with Gasteiger partial charge in [0.05, 0.1) is 17.4 Å². The van der Waals surface area contributed by atoms with E-state index in [9.17, 15) is 23.2 Å². The Bertz CT molecular complexity index is 712. The first-order chi connectivity index (χ1) is 11.3. The first-order valence-electron chi connectivity index (χ1n) is 7.78. The molecule has 3 rings (SSSR count). The highest BCUT2D eigenvalue weighted by Crippen LogP contribution is 2.40. The van der Waals surface area contributed by atoms with E-state index in [1.165, 1.54) is 4.90 Å². The number of halogens is 3. The van der Waals surface area contributed by atoms with E-state index in [0.29, 0.717) is 0 Å². The molecule has 1 aromatic rings. The highest BCUT2D eigenvalue weighted by atomic mass is 19.4. The van der Waals surface area contributed by atoms with Crippen molar-refractivity contribution >= 4 is 11.8 Å². The summed E-state index contributed by atoms with van der Waals surface area (Å²) in [7, 11) is 0. The SMILES string of the molecule is N#Cc1cc2c(nc1N1C[C@@H](C(F)(F)F)[C@H](C(=O)O)C1)CCCC2. The number of hydrogen-bond acceptors (Lipinski definition) is 4. The van der Waals surface area contributed by atoms with Crippen LogP contribution in [0.2, 0.25) is 0 Å². The third-order valence-electron chi connectivity index (χ3n) is 4.76. The molecular formula is C16H16F3N3O2. The van der Waals surface area contributed by atoms with Gasteiger partial charge in [-0.15, -0.1) is 0 Å². The molecule has 5 nitrogen and oxygen atoms in total. The van der Waals surface area contributed by atoms with Crippen LogP contribution < -0.4 is 4.90 Å². The molecule has 0 amide bonds. The second kappa shape index (κ2) is 5.96. The molecule has 2 heterocycles. The number of nitrogens with zero attached hydrogens (tertiary/aromatic N) is 3. The Morgan fingerprint density at radius 1 is 1.33 bits per heavy atom. The van der Waals surface area contributed by atoms with Crippen molar-refractivity contribution < 1.29 is 23.1 Å². The smallest absolute Gasteiger partial charge is 0.394 e. The van der Waals surface area contributed by atoms with Gasteiger partial charge in [0.15, 0.2) is 0 Å². The number of hydrogen-bond donors (Lipinski definition) is 1. The zero-order valence-corrected chi connectivity index (χ0v) is 12.8.